The molecule has 0 radical (unpaired) electrons. The fourth-order valence-electron chi connectivity index (χ4n) is 1.78. The summed E-state index contributed by atoms with van der Waals surface area (Å²) in [7, 11) is -3.33. The molecular weight excluding hydrogens is 336 g/mol. The molecule has 0 aliphatic heterocycles. The topological polar surface area (TPSA) is 70.0 Å². The Morgan fingerprint density at radius 2 is 1.95 bits per heavy atom. The molecule has 2 aromatic rings. The Bertz CT molecular complexity index is 717. The fraction of sp³-hybridized carbons (Fsp3) is 0.267. The molecule has 0 unspecified atom stereocenters. The monoisotopic (exact) mass is 352 g/mol. The van der Waals surface area contributed by atoms with Gasteiger partial charge in [-0.15, -0.1) is 0 Å². The molecule has 0 spiro atoms. The zero-order chi connectivity index (χ0) is 15.8. The molecule has 2 rings (SSSR count). The highest BCUT2D eigenvalue weighted by molar-refractivity contribution is 7.98. The van der Waals surface area contributed by atoms with E-state index in [4.69, 9.17) is 5.26 Å². The van der Waals surface area contributed by atoms with Crippen LogP contribution in [0.4, 0.5) is 0 Å². The van der Waals surface area contributed by atoms with Crippen molar-refractivity contribution < 1.29 is 8.42 Å². The van der Waals surface area contributed by atoms with E-state index >= 15 is 0 Å². The van der Waals surface area contributed by atoms with Crippen molar-refractivity contribution in [2.24, 2.45) is 0 Å². The van der Waals surface area contributed by atoms with Crippen LogP contribution in [0.1, 0.15) is 16.7 Å². The molecular formula is C15H16N2O2S3. The van der Waals surface area contributed by atoms with Crippen LogP contribution in [-0.2, 0) is 21.5 Å². The number of hydrogen-bond acceptors (Lipinski definition) is 5. The van der Waals surface area contributed by atoms with Gasteiger partial charge in [-0.3, -0.25) is 0 Å². The molecule has 0 aliphatic carbocycles. The summed E-state index contributed by atoms with van der Waals surface area (Å²) in [5.41, 5.74) is 2.48. The lowest BCUT2D eigenvalue weighted by Gasteiger charge is -2.06. The van der Waals surface area contributed by atoms with Crippen LogP contribution in [0.15, 0.2) is 41.1 Å². The Labute approximate surface area is 139 Å². The highest BCUT2D eigenvalue weighted by Crippen LogP contribution is 2.14. The van der Waals surface area contributed by atoms with Crippen LogP contribution in [0.2, 0.25) is 0 Å². The van der Waals surface area contributed by atoms with Crippen LogP contribution in [0.25, 0.3) is 0 Å². The number of nitrogens with one attached hydrogen (secondary N) is 1. The zero-order valence-corrected chi connectivity index (χ0v) is 14.3. The predicted molar refractivity (Wildman–Crippen MR) is 92.3 cm³/mol. The van der Waals surface area contributed by atoms with E-state index in [2.05, 4.69) is 16.2 Å². The number of thiophene rings is 1. The Kier molecular flexibility index (Phi) is 6.46. The Morgan fingerprint density at radius 3 is 2.59 bits per heavy atom. The standard InChI is InChI=1S/C15H16N2O2S3/c16-9-13-1-3-14(4-2-13)12-22(18,19)17-6-8-21-11-15-5-7-20-10-15/h1-5,7,10,17H,6,8,11-12H2. The second-order valence-electron chi connectivity index (χ2n) is 4.65. The van der Waals surface area contributed by atoms with E-state index in [1.807, 2.05) is 11.4 Å². The quantitative estimate of drug-likeness (QED) is 0.742. The highest BCUT2D eigenvalue weighted by Gasteiger charge is 2.10. The molecule has 4 nitrogen and oxygen atoms in total. The number of thioether (sulfide) groups is 1. The molecule has 1 N–H and O–H groups in total. The van der Waals surface area contributed by atoms with Gasteiger partial charge in [0.2, 0.25) is 10.0 Å². The first-order chi connectivity index (χ1) is 10.6. The maximum Gasteiger partial charge on any atom is 0.215 e. The van der Waals surface area contributed by atoms with Gasteiger partial charge in [0.15, 0.2) is 0 Å². The lowest BCUT2D eigenvalue weighted by molar-refractivity contribution is 0.583. The van der Waals surface area contributed by atoms with Crippen LogP contribution in [0, 0.1) is 11.3 Å². The molecule has 22 heavy (non-hydrogen) atoms. The molecule has 0 saturated heterocycles. The second kappa shape index (κ2) is 8.34. The number of sulfonamides is 1. The minimum absolute atomic E-state index is 0.0616. The van der Waals surface area contributed by atoms with Gasteiger partial charge in [-0.2, -0.15) is 28.4 Å². The third kappa shape index (κ3) is 5.81. The van der Waals surface area contributed by atoms with Gasteiger partial charge in [0.05, 0.1) is 17.4 Å². The lowest BCUT2D eigenvalue weighted by atomic mass is 10.2. The van der Waals surface area contributed by atoms with Gasteiger partial charge >= 0.3 is 0 Å². The molecule has 116 valence electrons. The van der Waals surface area contributed by atoms with E-state index in [1.165, 1.54) is 5.56 Å². The summed E-state index contributed by atoms with van der Waals surface area (Å²) in [6, 6.07) is 10.7. The molecule has 7 heteroatoms. The zero-order valence-electron chi connectivity index (χ0n) is 11.9. The van der Waals surface area contributed by atoms with E-state index < -0.39 is 10.0 Å². The van der Waals surface area contributed by atoms with E-state index in [-0.39, 0.29) is 5.75 Å². The molecule has 0 amide bonds. The maximum absolute atomic E-state index is 12.0. The van der Waals surface area contributed by atoms with Crippen LogP contribution < -0.4 is 4.72 Å². The number of nitrogens with zero attached hydrogens (tertiary/aromatic N) is 1. The van der Waals surface area contributed by atoms with Gasteiger partial charge in [-0.25, -0.2) is 13.1 Å². The van der Waals surface area contributed by atoms with Crippen LogP contribution >= 0.6 is 23.1 Å². The number of benzene rings is 1. The van der Waals surface area contributed by atoms with Gasteiger partial charge in [0.1, 0.15) is 0 Å². The Hall–Kier alpha value is -1.33. The van der Waals surface area contributed by atoms with Crippen LogP contribution in [0.5, 0.6) is 0 Å². The second-order valence-corrected chi connectivity index (χ2v) is 8.34. The van der Waals surface area contributed by atoms with E-state index in [1.54, 1.807) is 47.4 Å². The molecule has 1 aromatic heterocycles. The summed E-state index contributed by atoms with van der Waals surface area (Å²) in [6.07, 6.45) is 0. The number of nitriles is 1. The summed E-state index contributed by atoms with van der Waals surface area (Å²) in [6.45, 7) is 0.424. The van der Waals surface area contributed by atoms with Crippen molar-refractivity contribution in [3.05, 3.63) is 57.8 Å². The first kappa shape index (κ1) is 17.0. The van der Waals surface area contributed by atoms with E-state index in [0.29, 0.717) is 17.7 Å². The largest absolute Gasteiger partial charge is 0.215 e. The van der Waals surface area contributed by atoms with Crippen molar-refractivity contribution in [3.63, 3.8) is 0 Å². The van der Waals surface area contributed by atoms with Gasteiger partial charge in [-0.05, 0) is 40.1 Å². The van der Waals surface area contributed by atoms with Gasteiger partial charge in [-0.1, -0.05) is 12.1 Å². The number of rotatable bonds is 8. The minimum Gasteiger partial charge on any atom is -0.214 e. The van der Waals surface area contributed by atoms with E-state index in [9.17, 15) is 8.42 Å². The average Bonchev–Trinajstić information content (AvgIpc) is 3.00. The fourth-order valence-corrected chi connectivity index (χ4v) is 4.64. The first-order valence-corrected chi connectivity index (χ1v) is 10.4. The third-order valence-corrected chi connectivity index (χ3v) is 5.98. The van der Waals surface area contributed by atoms with Crippen molar-refractivity contribution in [1.29, 1.82) is 5.26 Å². The molecule has 0 atom stereocenters. The van der Waals surface area contributed by atoms with Gasteiger partial charge in [0.25, 0.3) is 0 Å². The SMILES string of the molecule is N#Cc1ccc(CS(=O)(=O)NCCSCc2ccsc2)cc1. The molecule has 1 heterocycles. The maximum atomic E-state index is 12.0. The Morgan fingerprint density at radius 1 is 1.18 bits per heavy atom. The molecule has 0 aliphatic rings. The van der Waals surface area contributed by atoms with Crippen molar-refractivity contribution in [1.82, 2.24) is 4.72 Å². The van der Waals surface area contributed by atoms with E-state index in [0.717, 1.165) is 11.5 Å². The van der Waals surface area contributed by atoms with Crippen molar-refractivity contribution >= 4 is 33.1 Å². The normalized spacial score (nSPS) is 11.2. The van der Waals surface area contributed by atoms with Gasteiger partial charge < -0.3 is 0 Å². The summed E-state index contributed by atoms with van der Waals surface area (Å²) in [5.74, 6) is 1.58. The minimum atomic E-state index is -3.33. The predicted octanol–water partition coefficient (Wildman–Crippen LogP) is 2.97. The van der Waals surface area contributed by atoms with Crippen molar-refractivity contribution in [2.45, 2.75) is 11.5 Å². The van der Waals surface area contributed by atoms with Crippen LogP contribution in [-0.4, -0.2) is 20.7 Å². The Balaban J connectivity index is 1.72. The highest BCUT2D eigenvalue weighted by atomic mass is 32.2. The molecule has 0 fully saturated rings. The van der Waals surface area contributed by atoms with Crippen molar-refractivity contribution in [2.75, 3.05) is 12.3 Å². The molecule has 0 saturated carbocycles. The summed E-state index contributed by atoms with van der Waals surface area (Å²) < 4.78 is 26.5. The summed E-state index contributed by atoms with van der Waals surface area (Å²) >= 11 is 3.37. The smallest absolute Gasteiger partial charge is 0.214 e. The summed E-state index contributed by atoms with van der Waals surface area (Å²) in [5, 5.41) is 12.9. The molecule has 0 bridgehead atoms. The average molecular weight is 353 g/mol. The first-order valence-electron chi connectivity index (χ1n) is 6.64. The third-order valence-electron chi connectivity index (χ3n) is 2.86. The lowest BCUT2D eigenvalue weighted by Crippen LogP contribution is -2.27. The molecule has 1 aromatic carbocycles. The van der Waals surface area contributed by atoms with Crippen LogP contribution in [0.3, 0.4) is 0 Å². The summed E-state index contributed by atoms with van der Waals surface area (Å²) in [4.78, 5) is 0. The number of hydrogen-bond donors (Lipinski definition) is 1. The van der Waals surface area contributed by atoms with Crippen molar-refractivity contribution in [3.8, 4) is 6.07 Å². The van der Waals surface area contributed by atoms with Gasteiger partial charge in [0, 0.05) is 18.1 Å².